The number of halogens is 3. The van der Waals surface area contributed by atoms with Crippen LogP contribution in [0.15, 0.2) is 70.7 Å². The number of rotatable bonds is 13. The molecular formula is C51H62BrF2N10O5P. The number of amides is 3. The molecule has 0 radical (unpaired) electrons. The van der Waals surface area contributed by atoms with Gasteiger partial charge in [-0.25, -0.2) is 13.8 Å². The summed E-state index contributed by atoms with van der Waals surface area (Å²) in [6, 6.07) is 12.5. The normalized spacial score (nSPS) is 22.8. The predicted octanol–water partition coefficient (Wildman–Crippen LogP) is 7.85. The number of methoxy groups -OCH3 is 1. The summed E-state index contributed by atoms with van der Waals surface area (Å²) in [6.45, 7) is 13.3. The number of anilines is 5. The van der Waals surface area contributed by atoms with E-state index in [0.29, 0.717) is 72.0 Å². The Kier molecular flexibility index (Phi) is 14.7. The fraction of sp³-hybridized carbons (Fsp3) is 0.490. The van der Waals surface area contributed by atoms with Gasteiger partial charge in [-0.2, -0.15) is 4.98 Å². The minimum atomic E-state index is -2.76. The molecule has 2 aromatic carbocycles. The number of fused-ring (bicyclic) bond motifs is 1. The molecule has 15 nitrogen and oxygen atoms in total. The van der Waals surface area contributed by atoms with Crippen LogP contribution < -0.4 is 30.9 Å². The second-order valence-electron chi connectivity index (χ2n) is 19.4. The summed E-state index contributed by atoms with van der Waals surface area (Å²) in [4.78, 5) is 60.7. The molecule has 3 amide bonds. The first-order chi connectivity index (χ1) is 33.6. The summed E-state index contributed by atoms with van der Waals surface area (Å²) < 4.78 is 51.2. The number of imide groups is 1. The van der Waals surface area contributed by atoms with Crippen molar-refractivity contribution in [2.75, 3.05) is 88.3 Å². The number of carbonyl (C=O) groups is 3. The van der Waals surface area contributed by atoms with E-state index in [0.717, 1.165) is 85.1 Å². The van der Waals surface area contributed by atoms with Crippen LogP contribution in [-0.4, -0.2) is 132 Å². The molecule has 3 N–H and O–H groups in total. The number of piperidine rings is 2. The van der Waals surface area contributed by atoms with Crippen molar-refractivity contribution in [3.63, 3.8) is 0 Å². The summed E-state index contributed by atoms with van der Waals surface area (Å²) in [5, 5.41) is 10.6. The maximum atomic E-state index is 15.4. The van der Waals surface area contributed by atoms with Crippen LogP contribution in [0.1, 0.15) is 57.2 Å². The summed E-state index contributed by atoms with van der Waals surface area (Å²) in [5.74, 6) is -2.57. The molecule has 1 aliphatic carbocycles. The third-order valence-corrected chi connectivity index (χ3v) is 16.8. The highest BCUT2D eigenvalue weighted by Gasteiger charge is 2.43. The minimum absolute atomic E-state index is 0.0604. The zero-order valence-electron chi connectivity index (χ0n) is 40.4. The molecule has 0 spiro atoms. The lowest BCUT2D eigenvalue weighted by atomic mass is 9.79. The summed E-state index contributed by atoms with van der Waals surface area (Å²) >= 11 is 3.62. The van der Waals surface area contributed by atoms with Crippen LogP contribution in [0, 0.1) is 17.8 Å². The zero-order valence-corrected chi connectivity index (χ0v) is 42.9. The number of alkyl halides is 1. The van der Waals surface area contributed by atoms with Crippen molar-refractivity contribution < 1.29 is 32.5 Å². The first-order valence-electron chi connectivity index (χ1n) is 24.5. The Balaban J connectivity index is 0.789. The van der Waals surface area contributed by atoms with Gasteiger partial charge in [-0.3, -0.25) is 29.6 Å². The molecule has 4 fully saturated rings. The van der Waals surface area contributed by atoms with Crippen LogP contribution in [-0.2, 0) is 31.8 Å². The number of benzene rings is 2. The van der Waals surface area contributed by atoms with E-state index in [2.05, 4.69) is 72.6 Å². The average molecular weight is 1040 g/mol. The van der Waals surface area contributed by atoms with E-state index in [4.69, 9.17) is 14.7 Å². The Morgan fingerprint density at radius 1 is 0.929 bits per heavy atom. The number of pyridine rings is 1. The summed E-state index contributed by atoms with van der Waals surface area (Å²) in [7, 11) is -1.10. The number of nitrogens with zero attached hydrogens (tertiary/aromatic N) is 7. The highest BCUT2D eigenvalue weighted by atomic mass is 79.9. The Morgan fingerprint density at radius 3 is 2.37 bits per heavy atom. The van der Waals surface area contributed by atoms with E-state index in [1.54, 1.807) is 26.6 Å². The Hall–Kier alpha value is -5.45. The molecule has 0 saturated carbocycles. The molecule has 372 valence electrons. The Morgan fingerprint density at radius 2 is 1.69 bits per heavy atom. The molecule has 5 aliphatic rings. The van der Waals surface area contributed by atoms with Crippen LogP contribution in [0.5, 0.6) is 5.75 Å². The SMILES string of the molecule is CCc1ccc2c(P(C)(C)=O)c(Nc3nc(Nc4cc(CC)c(N5CCC(N6CCN(C(=O)[C@@H]7CCN(C8=CC(F)C(C9CCC(=O)NC9=O)C(F)=C8)C7)CC6)CC5)cc4OC)ncc3Br)ccc2n1. The molecule has 2 aromatic heterocycles. The molecule has 4 aromatic rings. The predicted molar refractivity (Wildman–Crippen MR) is 273 cm³/mol. The van der Waals surface area contributed by atoms with Crippen LogP contribution in [0.25, 0.3) is 10.9 Å². The summed E-state index contributed by atoms with van der Waals surface area (Å²) in [6.07, 6.45) is 6.99. The first-order valence-corrected chi connectivity index (χ1v) is 27.9. The van der Waals surface area contributed by atoms with Crippen molar-refractivity contribution in [3.05, 3.63) is 82.0 Å². The number of allylic oxidation sites excluding steroid dienone is 3. The zero-order chi connectivity index (χ0) is 49.4. The molecule has 9 rings (SSSR count). The third kappa shape index (κ3) is 10.3. The lowest BCUT2D eigenvalue weighted by Gasteiger charge is -2.44. The van der Waals surface area contributed by atoms with Gasteiger partial charge in [0.25, 0.3) is 0 Å². The van der Waals surface area contributed by atoms with Crippen molar-refractivity contribution in [1.29, 1.82) is 0 Å². The largest absolute Gasteiger partial charge is 0.494 e. The third-order valence-electron chi connectivity index (χ3n) is 14.7. The topological polar surface area (TPSA) is 165 Å². The number of aromatic nitrogens is 3. The number of nitrogens with one attached hydrogen (secondary N) is 3. The van der Waals surface area contributed by atoms with Crippen molar-refractivity contribution >= 4 is 85.8 Å². The second-order valence-corrected chi connectivity index (χ2v) is 23.4. The number of aryl methyl sites for hydroxylation is 2. The molecule has 4 aliphatic heterocycles. The number of piperazine rings is 1. The molecule has 3 unspecified atom stereocenters. The van der Waals surface area contributed by atoms with Crippen LogP contribution in [0.4, 0.5) is 37.6 Å². The van der Waals surface area contributed by atoms with Gasteiger partial charge < -0.3 is 34.6 Å². The van der Waals surface area contributed by atoms with Gasteiger partial charge in [-0.15, -0.1) is 0 Å². The maximum absolute atomic E-state index is 15.4. The van der Waals surface area contributed by atoms with E-state index in [-0.39, 0.29) is 24.7 Å². The maximum Gasteiger partial charge on any atom is 0.230 e. The summed E-state index contributed by atoms with van der Waals surface area (Å²) in [5.41, 5.74) is 5.92. The van der Waals surface area contributed by atoms with Gasteiger partial charge in [-0.05, 0) is 110 Å². The van der Waals surface area contributed by atoms with Crippen LogP contribution >= 0.6 is 23.1 Å². The molecule has 4 saturated heterocycles. The minimum Gasteiger partial charge on any atom is -0.494 e. The second kappa shape index (κ2) is 20.7. The average Bonchev–Trinajstić information content (AvgIpc) is 3.85. The lowest BCUT2D eigenvalue weighted by Crippen LogP contribution is -2.55. The van der Waals surface area contributed by atoms with Crippen molar-refractivity contribution in [2.24, 2.45) is 17.8 Å². The first kappa shape index (κ1) is 49.5. The molecule has 4 atom stereocenters. The number of carbonyl (C=O) groups excluding carboxylic acids is 3. The van der Waals surface area contributed by atoms with E-state index in [1.807, 2.05) is 34.1 Å². The molecule has 0 bridgehead atoms. The Labute approximate surface area is 416 Å². The fourth-order valence-electron chi connectivity index (χ4n) is 10.9. The quantitative estimate of drug-likeness (QED) is 0.0877. The number of likely N-dealkylation sites (tertiary alicyclic amines) is 1. The smallest absolute Gasteiger partial charge is 0.230 e. The van der Waals surface area contributed by atoms with Gasteiger partial charge in [0.15, 0.2) is 0 Å². The molecule has 6 heterocycles. The van der Waals surface area contributed by atoms with Crippen LogP contribution in [0.2, 0.25) is 0 Å². The van der Waals surface area contributed by atoms with Gasteiger partial charge in [-0.1, -0.05) is 19.9 Å². The standard InChI is InChI=1S/C51H62BrF2N10O5P/c1-6-30-24-42(58-51-55-28-37(52)48(60-51)57-41-12-11-40-35(47(41)70(4,5)68)9-8-32(7-2)56-40)44(69-3)27-43(30)62-18-15-33(16-19-62)61-20-22-63(23-21-61)50(67)31-14-17-64(29-31)34-25-38(53)46(39(54)26-34)36-10-13-45(65)59-49(36)66/h8-9,11-12,24-28,31,33,36,38,46H,6-7,10,13-23,29H2,1-5H3,(H,59,65,66)(H2,55,57,58,60)/t31-,36?,38?,46?/m1/s1. The molecule has 70 heavy (non-hydrogen) atoms. The number of hydrogen-bond acceptors (Lipinski definition) is 13. The Bertz CT molecular complexity index is 2790. The number of ether oxygens (including phenoxy) is 1. The van der Waals surface area contributed by atoms with E-state index < -0.39 is 42.8 Å². The molecular weight excluding hydrogens is 981 g/mol. The van der Waals surface area contributed by atoms with Gasteiger partial charge in [0.05, 0.1) is 46.2 Å². The van der Waals surface area contributed by atoms with E-state index in [9.17, 15) is 18.9 Å². The lowest BCUT2D eigenvalue weighted by molar-refractivity contribution is -0.139. The van der Waals surface area contributed by atoms with Crippen LogP contribution in [0.3, 0.4) is 0 Å². The van der Waals surface area contributed by atoms with Crippen molar-refractivity contribution in [1.82, 2.24) is 35.0 Å². The van der Waals surface area contributed by atoms with Gasteiger partial charge in [0, 0.05) is 105 Å². The van der Waals surface area contributed by atoms with Crippen molar-refractivity contribution in [3.8, 4) is 5.75 Å². The number of hydrogen-bond donors (Lipinski definition) is 3. The van der Waals surface area contributed by atoms with Gasteiger partial charge in [0.1, 0.15) is 30.7 Å². The molecule has 19 heteroatoms. The van der Waals surface area contributed by atoms with Crippen molar-refractivity contribution in [2.45, 2.75) is 71.0 Å². The monoisotopic (exact) mass is 1040 g/mol. The highest BCUT2D eigenvalue weighted by molar-refractivity contribution is 9.10. The fourth-order valence-corrected chi connectivity index (χ4v) is 12.7. The highest BCUT2D eigenvalue weighted by Crippen LogP contribution is 2.43. The van der Waals surface area contributed by atoms with Gasteiger partial charge in [0.2, 0.25) is 23.7 Å². The van der Waals surface area contributed by atoms with E-state index in [1.165, 1.54) is 17.7 Å². The van der Waals surface area contributed by atoms with Gasteiger partial charge >= 0.3 is 0 Å². The van der Waals surface area contributed by atoms with E-state index >= 15 is 8.78 Å².